The fourth-order valence-electron chi connectivity index (χ4n) is 2.72. The van der Waals surface area contributed by atoms with Crippen LogP contribution in [0.1, 0.15) is 17.0 Å². The number of hydrogen-bond donors (Lipinski definition) is 0. The zero-order valence-electron chi connectivity index (χ0n) is 16.0. The lowest BCUT2D eigenvalue weighted by Gasteiger charge is -2.18. The van der Waals surface area contributed by atoms with Crippen LogP contribution >= 0.6 is 7.60 Å². The lowest BCUT2D eigenvalue weighted by atomic mass is 9.92. The number of aryl methyl sites for hydroxylation is 1. The summed E-state index contributed by atoms with van der Waals surface area (Å²) < 4.78 is 51.2. The summed E-state index contributed by atoms with van der Waals surface area (Å²) in [7, 11) is -0.385. The minimum atomic E-state index is -3.31. The Morgan fingerprint density at radius 3 is 1.97 bits per heavy atom. The minimum Gasteiger partial charge on any atom is -0.312 e. The van der Waals surface area contributed by atoms with Gasteiger partial charge in [0.1, 0.15) is 11.6 Å². The van der Waals surface area contributed by atoms with E-state index in [-0.39, 0.29) is 6.61 Å². The van der Waals surface area contributed by atoms with E-state index < -0.39 is 19.2 Å². The molecule has 0 bridgehead atoms. The Bertz CT molecular complexity index is 1020. The highest BCUT2D eigenvalue weighted by Crippen LogP contribution is 2.44. The second kappa shape index (κ2) is 8.73. The summed E-state index contributed by atoms with van der Waals surface area (Å²) in [6.07, 6.45) is 0. The predicted molar refractivity (Wildman–Crippen MR) is 104 cm³/mol. The van der Waals surface area contributed by atoms with Crippen LogP contribution in [-0.4, -0.2) is 40.6 Å². The molecule has 0 fully saturated rings. The van der Waals surface area contributed by atoms with Gasteiger partial charge in [0.2, 0.25) is 0 Å². The van der Waals surface area contributed by atoms with Gasteiger partial charge in [-0.1, -0.05) is 24.3 Å². The third-order valence-electron chi connectivity index (χ3n) is 4.23. The first-order valence-electron chi connectivity index (χ1n) is 8.56. The number of benzene rings is 2. The molecule has 0 saturated carbocycles. The summed E-state index contributed by atoms with van der Waals surface area (Å²) in [5.41, 5.74) is 2.32. The number of tetrazole rings is 1. The van der Waals surface area contributed by atoms with E-state index in [2.05, 4.69) is 15.5 Å². The van der Waals surface area contributed by atoms with Crippen LogP contribution in [0.2, 0.25) is 0 Å². The molecule has 0 aliphatic rings. The average molecular weight is 420 g/mol. The van der Waals surface area contributed by atoms with Crippen LogP contribution in [0.4, 0.5) is 8.78 Å². The number of nitrogens with zero attached hydrogens (tertiary/aromatic N) is 4. The first-order chi connectivity index (χ1) is 13.8. The van der Waals surface area contributed by atoms with Crippen molar-refractivity contribution in [3.8, 4) is 0 Å². The third-order valence-corrected chi connectivity index (χ3v) is 5.49. The van der Waals surface area contributed by atoms with E-state index in [1.54, 1.807) is 31.3 Å². The van der Waals surface area contributed by atoms with Crippen LogP contribution in [-0.2, 0) is 20.7 Å². The summed E-state index contributed by atoms with van der Waals surface area (Å²) in [5, 5.41) is 11.5. The molecule has 0 spiro atoms. The largest absolute Gasteiger partial charge is 0.327 e. The van der Waals surface area contributed by atoms with Gasteiger partial charge in [-0.05, 0) is 51.4 Å². The fraction of sp³-hybridized carbons (Fsp3) is 0.211. The smallest absolute Gasteiger partial charge is 0.312 e. The van der Waals surface area contributed by atoms with Crippen molar-refractivity contribution in [2.45, 2.75) is 0 Å². The molecule has 1 atom stereocenters. The topological polar surface area (TPSA) is 79.1 Å². The van der Waals surface area contributed by atoms with Crippen LogP contribution in [0.5, 0.6) is 0 Å². The van der Waals surface area contributed by atoms with Gasteiger partial charge < -0.3 is 9.05 Å². The standard InChI is InChI=1S/C19H19F2N4O3P/c1-25-19(22-23-24-25)17(12-28-29(3,26)27-2)18(13-4-8-15(20)9-5-13)14-6-10-16(21)11-7-14/h4-11H,12H2,1-3H3. The van der Waals surface area contributed by atoms with Gasteiger partial charge in [-0.2, -0.15) is 0 Å². The van der Waals surface area contributed by atoms with Crippen molar-refractivity contribution in [1.29, 1.82) is 0 Å². The van der Waals surface area contributed by atoms with E-state index in [1.165, 1.54) is 42.7 Å². The Balaban J connectivity index is 2.25. The molecule has 0 N–H and O–H groups in total. The quantitative estimate of drug-likeness (QED) is 0.539. The molecule has 10 heteroatoms. The van der Waals surface area contributed by atoms with E-state index in [9.17, 15) is 13.3 Å². The average Bonchev–Trinajstić information content (AvgIpc) is 3.13. The molecule has 3 rings (SSSR count). The summed E-state index contributed by atoms with van der Waals surface area (Å²) in [6.45, 7) is 1.19. The van der Waals surface area contributed by atoms with Crippen LogP contribution < -0.4 is 0 Å². The molecule has 1 heterocycles. The molecular formula is C19H19F2N4O3P. The van der Waals surface area contributed by atoms with Crippen LogP contribution in [0.15, 0.2) is 48.5 Å². The summed E-state index contributed by atoms with van der Waals surface area (Å²) in [6, 6.07) is 11.6. The number of rotatable bonds is 7. The Morgan fingerprint density at radius 2 is 1.55 bits per heavy atom. The molecule has 0 radical (unpaired) electrons. The molecule has 0 aliphatic carbocycles. The highest BCUT2D eigenvalue weighted by Gasteiger charge is 2.23. The van der Waals surface area contributed by atoms with Gasteiger partial charge in [-0.25, -0.2) is 13.5 Å². The molecule has 0 saturated heterocycles. The minimum absolute atomic E-state index is 0.153. The maximum atomic E-state index is 13.5. The van der Waals surface area contributed by atoms with Crippen LogP contribution in [0, 0.1) is 11.6 Å². The summed E-state index contributed by atoms with van der Waals surface area (Å²) in [4.78, 5) is 0. The van der Waals surface area contributed by atoms with Crippen molar-refractivity contribution in [3.05, 3.63) is 77.1 Å². The van der Waals surface area contributed by atoms with E-state index in [1.807, 2.05) is 0 Å². The molecule has 1 unspecified atom stereocenters. The van der Waals surface area contributed by atoms with Crippen molar-refractivity contribution in [2.24, 2.45) is 7.05 Å². The SMILES string of the molecule is COP(C)(=O)OCC(=C(c1ccc(F)cc1)c1ccc(F)cc1)c1nnnn1C. The number of halogens is 2. The van der Waals surface area contributed by atoms with Crippen molar-refractivity contribution in [1.82, 2.24) is 20.2 Å². The highest BCUT2D eigenvalue weighted by atomic mass is 31.2. The number of aromatic nitrogens is 4. The molecule has 3 aromatic rings. The van der Waals surface area contributed by atoms with E-state index in [0.717, 1.165) is 0 Å². The molecule has 2 aromatic carbocycles. The fourth-order valence-corrected chi connectivity index (χ4v) is 3.19. The van der Waals surface area contributed by atoms with Crippen LogP contribution in [0.25, 0.3) is 11.1 Å². The maximum Gasteiger partial charge on any atom is 0.327 e. The van der Waals surface area contributed by atoms with E-state index in [4.69, 9.17) is 9.05 Å². The Labute approximate surface area is 166 Å². The summed E-state index contributed by atoms with van der Waals surface area (Å²) in [5.74, 6) is -0.449. The Morgan fingerprint density at radius 1 is 1.03 bits per heavy atom. The second-order valence-electron chi connectivity index (χ2n) is 6.22. The van der Waals surface area contributed by atoms with Gasteiger partial charge in [0.05, 0.1) is 6.61 Å². The summed E-state index contributed by atoms with van der Waals surface area (Å²) >= 11 is 0. The monoisotopic (exact) mass is 420 g/mol. The molecule has 0 aliphatic heterocycles. The molecule has 1 aromatic heterocycles. The number of hydrogen-bond acceptors (Lipinski definition) is 6. The third kappa shape index (κ3) is 5.00. The van der Waals surface area contributed by atoms with Crippen LogP contribution in [0.3, 0.4) is 0 Å². The molecule has 0 amide bonds. The first-order valence-corrected chi connectivity index (χ1v) is 10.6. The van der Waals surface area contributed by atoms with Gasteiger partial charge >= 0.3 is 7.60 Å². The Kier molecular flexibility index (Phi) is 6.32. The van der Waals surface area contributed by atoms with Crippen molar-refractivity contribution in [2.75, 3.05) is 20.4 Å². The first kappa shape index (κ1) is 21.0. The highest BCUT2D eigenvalue weighted by molar-refractivity contribution is 7.52. The zero-order valence-corrected chi connectivity index (χ0v) is 16.9. The normalized spacial score (nSPS) is 13.1. The Hall–Kier alpha value is -2.74. The lowest BCUT2D eigenvalue weighted by molar-refractivity contribution is 0.263. The van der Waals surface area contributed by atoms with Gasteiger partial charge in [-0.3, -0.25) is 4.57 Å². The van der Waals surface area contributed by atoms with Gasteiger partial charge in [0.25, 0.3) is 0 Å². The van der Waals surface area contributed by atoms with Crippen molar-refractivity contribution in [3.63, 3.8) is 0 Å². The van der Waals surface area contributed by atoms with Crippen molar-refractivity contribution < 1.29 is 22.4 Å². The molecule has 7 nitrogen and oxygen atoms in total. The predicted octanol–water partition coefficient (Wildman–Crippen LogP) is 3.93. The molecule has 152 valence electrons. The lowest BCUT2D eigenvalue weighted by Crippen LogP contribution is -2.08. The molecular weight excluding hydrogens is 401 g/mol. The molecule has 29 heavy (non-hydrogen) atoms. The van der Waals surface area contributed by atoms with Gasteiger partial charge in [0.15, 0.2) is 5.82 Å². The van der Waals surface area contributed by atoms with E-state index in [0.29, 0.717) is 28.1 Å². The van der Waals surface area contributed by atoms with Crippen molar-refractivity contribution >= 4 is 18.7 Å². The zero-order chi connectivity index (χ0) is 21.0. The maximum absolute atomic E-state index is 13.5. The second-order valence-corrected chi connectivity index (χ2v) is 8.39. The van der Waals surface area contributed by atoms with Gasteiger partial charge in [0, 0.05) is 26.4 Å². The van der Waals surface area contributed by atoms with E-state index >= 15 is 0 Å². The van der Waals surface area contributed by atoms with Gasteiger partial charge in [-0.15, -0.1) is 5.10 Å².